The Morgan fingerprint density at radius 1 is 1.23 bits per heavy atom. The van der Waals surface area contributed by atoms with Crippen LogP contribution in [-0.2, 0) is 0 Å². The highest BCUT2D eigenvalue weighted by Gasteiger charge is 2.21. The summed E-state index contributed by atoms with van der Waals surface area (Å²) in [4.78, 5) is 17.9. The molecule has 4 nitrogen and oxygen atoms in total. The van der Waals surface area contributed by atoms with Crippen molar-refractivity contribution in [2.45, 2.75) is 6.42 Å². The third kappa shape index (κ3) is 3.89. The highest BCUT2D eigenvalue weighted by atomic mass is 35.5. The van der Waals surface area contributed by atoms with Crippen LogP contribution in [0.25, 0.3) is 22.0 Å². The number of carbonyl (C=O) groups excluding carboxylic acids is 1. The van der Waals surface area contributed by atoms with Crippen LogP contribution in [0.1, 0.15) is 16.9 Å². The normalized spacial score (nSPS) is 11.3. The smallest absolute Gasteiger partial charge is 0.268 e. The van der Waals surface area contributed by atoms with Crippen molar-refractivity contribution in [3.8, 4) is 11.1 Å². The standard InChI is InChI=1S/C20H21ClFN3O/c1-25(2)11-5-10-23-20(26)19-18(14-6-3-4-7-16(14)22)15-12-13(21)8-9-17(15)24-19/h3-4,6-9,12,24H,5,10-11H2,1-2H3,(H,23,26). The lowest BCUT2D eigenvalue weighted by Gasteiger charge is -2.10. The number of halogens is 2. The molecule has 0 saturated heterocycles. The zero-order valence-corrected chi connectivity index (χ0v) is 15.5. The maximum absolute atomic E-state index is 14.4. The fourth-order valence-corrected chi connectivity index (χ4v) is 3.14. The number of rotatable bonds is 6. The second kappa shape index (κ2) is 7.89. The minimum Gasteiger partial charge on any atom is -0.351 e. The quantitative estimate of drug-likeness (QED) is 0.632. The monoisotopic (exact) mass is 373 g/mol. The molecule has 0 fully saturated rings. The molecule has 1 amide bonds. The SMILES string of the molecule is CN(C)CCCNC(=O)c1[nH]c2ccc(Cl)cc2c1-c1ccccc1F. The summed E-state index contributed by atoms with van der Waals surface area (Å²) in [5, 5.41) is 4.16. The van der Waals surface area contributed by atoms with Gasteiger partial charge in [-0.3, -0.25) is 4.79 Å². The van der Waals surface area contributed by atoms with E-state index in [1.807, 2.05) is 14.1 Å². The van der Waals surface area contributed by atoms with E-state index < -0.39 is 0 Å². The molecule has 0 aliphatic carbocycles. The van der Waals surface area contributed by atoms with Crippen LogP contribution in [0, 0.1) is 5.82 Å². The number of H-pyrrole nitrogens is 1. The molecule has 0 unspecified atom stereocenters. The molecule has 136 valence electrons. The number of nitrogens with one attached hydrogen (secondary N) is 2. The maximum Gasteiger partial charge on any atom is 0.268 e. The fraction of sp³-hybridized carbons (Fsp3) is 0.250. The summed E-state index contributed by atoms with van der Waals surface area (Å²) in [6.07, 6.45) is 0.833. The highest BCUT2D eigenvalue weighted by Crippen LogP contribution is 2.35. The van der Waals surface area contributed by atoms with E-state index in [1.54, 1.807) is 36.4 Å². The Kier molecular flexibility index (Phi) is 5.59. The molecule has 1 aromatic heterocycles. The van der Waals surface area contributed by atoms with Crippen molar-refractivity contribution in [2.24, 2.45) is 0 Å². The van der Waals surface area contributed by atoms with E-state index in [9.17, 15) is 9.18 Å². The molecular formula is C20H21ClFN3O. The Hall–Kier alpha value is -2.37. The van der Waals surface area contributed by atoms with Crippen LogP contribution in [0.4, 0.5) is 4.39 Å². The minimum atomic E-state index is -0.380. The van der Waals surface area contributed by atoms with Gasteiger partial charge < -0.3 is 15.2 Å². The van der Waals surface area contributed by atoms with Gasteiger partial charge in [0.15, 0.2) is 0 Å². The van der Waals surface area contributed by atoms with Gasteiger partial charge in [-0.15, -0.1) is 0 Å². The molecule has 2 N–H and O–H groups in total. The minimum absolute atomic E-state index is 0.255. The zero-order valence-electron chi connectivity index (χ0n) is 14.8. The van der Waals surface area contributed by atoms with Gasteiger partial charge in [0.05, 0.1) is 0 Å². The number of benzene rings is 2. The number of aromatic nitrogens is 1. The lowest BCUT2D eigenvalue weighted by atomic mass is 10.0. The van der Waals surface area contributed by atoms with Gasteiger partial charge in [0.25, 0.3) is 5.91 Å². The van der Waals surface area contributed by atoms with Crippen molar-refractivity contribution >= 4 is 28.4 Å². The van der Waals surface area contributed by atoms with Crippen LogP contribution >= 0.6 is 11.6 Å². The molecule has 0 atom stereocenters. The average Bonchev–Trinajstić information content (AvgIpc) is 2.97. The predicted molar refractivity (Wildman–Crippen MR) is 104 cm³/mol. The summed E-state index contributed by atoms with van der Waals surface area (Å²) in [5.74, 6) is -0.635. The van der Waals surface area contributed by atoms with Crippen molar-refractivity contribution < 1.29 is 9.18 Å². The van der Waals surface area contributed by atoms with Crippen LogP contribution in [0.15, 0.2) is 42.5 Å². The molecule has 0 bridgehead atoms. The summed E-state index contributed by atoms with van der Waals surface area (Å²) in [6.45, 7) is 1.42. The number of hydrogen-bond donors (Lipinski definition) is 2. The molecule has 1 heterocycles. The molecule has 3 aromatic rings. The van der Waals surface area contributed by atoms with Crippen LogP contribution in [0.3, 0.4) is 0 Å². The largest absolute Gasteiger partial charge is 0.351 e. The first kappa shape index (κ1) is 18.4. The predicted octanol–water partition coefficient (Wildman–Crippen LogP) is 4.31. The van der Waals surface area contributed by atoms with Gasteiger partial charge >= 0.3 is 0 Å². The molecule has 26 heavy (non-hydrogen) atoms. The van der Waals surface area contributed by atoms with Gasteiger partial charge in [0.2, 0.25) is 0 Å². The maximum atomic E-state index is 14.4. The average molecular weight is 374 g/mol. The molecule has 0 spiro atoms. The van der Waals surface area contributed by atoms with Crippen LogP contribution in [0.2, 0.25) is 5.02 Å². The molecule has 6 heteroatoms. The number of hydrogen-bond acceptors (Lipinski definition) is 2. The van der Waals surface area contributed by atoms with Crippen molar-refractivity contribution in [3.63, 3.8) is 0 Å². The van der Waals surface area contributed by atoms with Crippen molar-refractivity contribution in [1.29, 1.82) is 0 Å². The Labute approximate surface area is 157 Å². The highest BCUT2D eigenvalue weighted by molar-refractivity contribution is 6.31. The Morgan fingerprint density at radius 3 is 2.73 bits per heavy atom. The topological polar surface area (TPSA) is 48.1 Å². The zero-order chi connectivity index (χ0) is 18.7. The van der Waals surface area contributed by atoms with E-state index in [1.165, 1.54) is 6.07 Å². The van der Waals surface area contributed by atoms with Gasteiger partial charge in [0.1, 0.15) is 11.5 Å². The second-order valence-corrected chi connectivity index (χ2v) is 6.89. The first-order valence-electron chi connectivity index (χ1n) is 8.46. The van der Waals surface area contributed by atoms with E-state index in [4.69, 9.17) is 11.6 Å². The van der Waals surface area contributed by atoms with Gasteiger partial charge in [-0.1, -0.05) is 29.8 Å². The first-order chi connectivity index (χ1) is 12.5. The molecule has 2 aromatic carbocycles. The lowest BCUT2D eigenvalue weighted by Crippen LogP contribution is -2.27. The molecule has 0 aliphatic heterocycles. The van der Waals surface area contributed by atoms with E-state index in [-0.39, 0.29) is 11.7 Å². The van der Waals surface area contributed by atoms with E-state index in [0.717, 1.165) is 23.9 Å². The molecule has 3 rings (SSSR count). The third-order valence-corrected chi connectivity index (χ3v) is 4.43. The second-order valence-electron chi connectivity index (χ2n) is 6.46. The van der Waals surface area contributed by atoms with E-state index in [2.05, 4.69) is 15.2 Å². The summed E-state index contributed by atoms with van der Waals surface area (Å²) >= 11 is 6.13. The number of aromatic amines is 1. The lowest BCUT2D eigenvalue weighted by molar-refractivity contribution is 0.0949. The molecular weight excluding hydrogens is 353 g/mol. The first-order valence-corrected chi connectivity index (χ1v) is 8.84. The van der Waals surface area contributed by atoms with E-state index in [0.29, 0.717) is 28.4 Å². The molecule has 0 saturated carbocycles. The van der Waals surface area contributed by atoms with Gasteiger partial charge in [-0.25, -0.2) is 4.39 Å². The van der Waals surface area contributed by atoms with Gasteiger partial charge in [-0.05, 0) is 51.3 Å². The number of nitrogens with zero attached hydrogens (tertiary/aromatic N) is 1. The number of fused-ring (bicyclic) bond motifs is 1. The van der Waals surface area contributed by atoms with Crippen molar-refractivity contribution in [3.05, 3.63) is 59.0 Å². The van der Waals surface area contributed by atoms with Crippen LogP contribution in [0.5, 0.6) is 0 Å². The summed E-state index contributed by atoms with van der Waals surface area (Å²) in [5.41, 5.74) is 1.99. The number of amides is 1. The summed E-state index contributed by atoms with van der Waals surface area (Å²) < 4.78 is 14.4. The molecule has 0 radical (unpaired) electrons. The Bertz CT molecular complexity index is 936. The van der Waals surface area contributed by atoms with Crippen LogP contribution in [-0.4, -0.2) is 43.0 Å². The summed E-state index contributed by atoms with van der Waals surface area (Å²) in [6, 6.07) is 11.7. The van der Waals surface area contributed by atoms with Crippen molar-refractivity contribution in [2.75, 3.05) is 27.2 Å². The number of carbonyl (C=O) groups is 1. The Balaban J connectivity index is 2.01. The summed E-state index contributed by atoms with van der Waals surface area (Å²) in [7, 11) is 3.97. The fourth-order valence-electron chi connectivity index (χ4n) is 2.96. The Morgan fingerprint density at radius 2 is 2.00 bits per heavy atom. The third-order valence-electron chi connectivity index (χ3n) is 4.20. The van der Waals surface area contributed by atoms with Crippen molar-refractivity contribution in [1.82, 2.24) is 15.2 Å². The van der Waals surface area contributed by atoms with E-state index >= 15 is 0 Å². The van der Waals surface area contributed by atoms with Gasteiger partial charge in [0, 0.05) is 33.6 Å². The van der Waals surface area contributed by atoms with Gasteiger partial charge in [-0.2, -0.15) is 0 Å². The van der Waals surface area contributed by atoms with Crippen LogP contribution < -0.4 is 5.32 Å². The molecule has 0 aliphatic rings.